The summed E-state index contributed by atoms with van der Waals surface area (Å²) < 4.78 is 1.59. The van der Waals surface area contributed by atoms with Gasteiger partial charge in [0.05, 0.1) is 18.8 Å². The summed E-state index contributed by atoms with van der Waals surface area (Å²) in [4.78, 5) is 11.4. The lowest BCUT2D eigenvalue weighted by atomic mass is 10.2. The smallest absolute Gasteiger partial charge is 0.269 e. The molecule has 0 aromatic carbocycles. The fourth-order valence-electron chi connectivity index (χ4n) is 1.53. The number of carbonyl (C=O) groups excluding carboxylic acids is 1. The van der Waals surface area contributed by atoms with Crippen molar-refractivity contribution in [2.24, 2.45) is 0 Å². The Hall–Kier alpha value is -1.36. The number of aromatic nitrogens is 2. The van der Waals surface area contributed by atoms with Crippen molar-refractivity contribution in [2.45, 2.75) is 13.0 Å². The predicted octanol–water partition coefficient (Wildman–Crippen LogP) is -0.532. The number of nitrogens with zero attached hydrogens (tertiary/aromatic N) is 2. The summed E-state index contributed by atoms with van der Waals surface area (Å²) in [6.07, 6.45) is 1.64. The maximum atomic E-state index is 11.4. The van der Waals surface area contributed by atoms with Crippen molar-refractivity contribution in [3.63, 3.8) is 0 Å². The van der Waals surface area contributed by atoms with Crippen LogP contribution in [-0.2, 0) is 0 Å². The molecule has 0 bridgehead atoms. The number of amides is 1. The molecular weight excluding hydrogens is 170 g/mol. The molecule has 13 heavy (non-hydrogen) atoms. The molecule has 1 unspecified atom stereocenters. The molecule has 0 saturated carbocycles. The van der Waals surface area contributed by atoms with Gasteiger partial charge in [0.15, 0.2) is 0 Å². The van der Waals surface area contributed by atoms with E-state index in [0.29, 0.717) is 12.2 Å². The Morgan fingerprint density at radius 2 is 2.62 bits per heavy atom. The van der Waals surface area contributed by atoms with Crippen LogP contribution in [-0.4, -0.2) is 33.9 Å². The first-order valence-electron chi connectivity index (χ1n) is 4.17. The summed E-state index contributed by atoms with van der Waals surface area (Å²) in [6, 6.07) is -0.124. The third-order valence-corrected chi connectivity index (χ3v) is 2.25. The number of aliphatic hydroxyl groups is 1. The molecule has 5 nitrogen and oxygen atoms in total. The minimum absolute atomic E-state index is 0.00556. The average Bonchev–Trinajstić information content (AvgIpc) is 2.50. The zero-order valence-electron chi connectivity index (χ0n) is 7.32. The van der Waals surface area contributed by atoms with Crippen LogP contribution in [0.3, 0.4) is 0 Å². The summed E-state index contributed by atoms with van der Waals surface area (Å²) in [5, 5.41) is 15.8. The third kappa shape index (κ3) is 1.12. The van der Waals surface area contributed by atoms with E-state index in [1.807, 2.05) is 6.92 Å². The zero-order valence-corrected chi connectivity index (χ0v) is 7.32. The number of hydrogen-bond donors (Lipinski definition) is 2. The SMILES string of the molecule is Cc1cnn2c1C(=O)NCC2CO. The van der Waals surface area contributed by atoms with Crippen molar-refractivity contribution in [3.05, 3.63) is 17.5 Å². The molecule has 1 aliphatic rings. The molecule has 2 rings (SSSR count). The molecule has 1 aromatic rings. The van der Waals surface area contributed by atoms with Gasteiger partial charge in [-0.3, -0.25) is 9.48 Å². The summed E-state index contributed by atoms with van der Waals surface area (Å²) in [6.45, 7) is 2.27. The van der Waals surface area contributed by atoms with Crippen LogP contribution in [0.5, 0.6) is 0 Å². The summed E-state index contributed by atoms with van der Waals surface area (Å²) >= 11 is 0. The van der Waals surface area contributed by atoms with Gasteiger partial charge in [0, 0.05) is 12.1 Å². The van der Waals surface area contributed by atoms with Crippen molar-refractivity contribution < 1.29 is 9.90 Å². The van der Waals surface area contributed by atoms with Gasteiger partial charge in [0.2, 0.25) is 0 Å². The van der Waals surface area contributed by atoms with Crippen LogP contribution in [0.4, 0.5) is 0 Å². The Kier molecular flexibility index (Phi) is 1.81. The van der Waals surface area contributed by atoms with Crippen LogP contribution in [0, 0.1) is 6.92 Å². The monoisotopic (exact) mass is 181 g/mol. The van der Waals surface area contributed by atoms with Crippen molar-refractivity contribution in [2.75, 3.05) is 13.2 Å². The second kappa shape index (κ2) is 2.85. The van der Waals surface area contributed by atoms with Gasteiger partial charge >= 0.3 is 0 Å². The highest BCUT2D eigenvalue weighted by molar-refractivity contribution is 5.94. The van der Waals surface area contributed by atoms with Gasteiger partial charge in [0.1, 0.15) is 5.69 Å². The van der Waals surface area contributed by atoms with E-state index in [9.17, 15) is 4.79 Å². The predicted molar refractivity (Wildman–Crippen MR) is 45.4 cm³/mol. The van der Waals surface area contributed by atoms with Crippen LogP contribution in [0.25, 0.3) is 0 Å². The first-order valence-corrected chi connectivity index (χ1v) is 4.17. The summed E-state index contributed by atoms with van der Waals surface area (Å²) in [7, 11) is 0. The third-order valence-electron chi connectivity index (χ3n) is 2.25. The molecule has 1 atom stereocenters. The van der Waals surface area contributed by atoms with Crippen molar-refractivity contribution in [1.29, 1.82) is 0 Å². The minimum atomic E-state index is -0.124. The number of aliphatic hydroxyl groups excluding tert-OH is 1. The quantitative estimate of drug-likeness (QED) is 0.612. The van der Waals surface area contributed by atoms with E-state index in [0.717, 1.165) is 5.56 Å². The largest absolute Gasteiger partial charge is 0.394 e. The molecule has 2 N–H and O–H groups in total. The van der Waals surface area contributed by atoms with Crippen LogP contribution < -0.4 is 5.32 Å². The van der Waals surface area contributed by atoms with Crippen molar-refractivity contribution >= 4 is 5.91 Å². The lowest BCUT2D eigenvalue weighted by molar-refractivity contribution is 0.0887. The molecule has 5 heteroatoms. The normalized spacial score (nSPS) is 21.1. The molecule has 1 aliphatic heterocycles. The van der Waals surface area contributed by atoms with Gasteiger partial charge in [-0.2, -0.15) is 5.10 Å². The Balaban J connectivity index is 2.50. The lowest BCUT2D eigenvalue weighted by Gasteiger charge is -2.23. The van der Waals surface area contributed by atoms with E-state index in [1.165, 1.54) is 0 Å². The molecule has 1 amide bonds. The molecule has 70 valence electrons. The second-order valence-corrected chi connectivity index (χ2v) is 3.17. The van der Waals surface area contributed by atoms with Gasteiger partial charge in [-0.1, -0.05) is 0 Å². The number of carbonyl (C=O) groups is 1. The second-order valence-electron chi connectivity index (χ2n) is 3.17. The lowest BCUT2D eigenvalue weighted by Crippen LogP contribution is -2.41. The first kappa shape index (κ1) is 8.25. The van der Waals surface area contributed by atoms with Crippen LogP contribution in [0.2, 0.25) is 0 Å². The van der Waals surface area contributed by atoms with Crippen LogP contribution in [0.15, 0.2) is 6.20 Å². The molecule has 2 heterocycles. The van der Waals surface area contributed by atoms with Crippen molar-refractivity contribution in [3.8, 4) is 0 Å². The Labute approximate surface area is 75.4 Å². The molecule has 0 spiro atoms. The molecular formula is C8H11N3O2. The van der Waals surface area contributed by atoms with Gasteiger partial charge in [-0.15, -0.1) is 0 Å². The Bertz CT molecular complexity index is 345. The van der Waals surface area contributed by atoms with E-state index in [1.54, 1.807) is 10.9 Å². The van der Waals surface area contributed by atoms with Gasteiger partial charge in [-0.25, -0.2) is 0 Å². The highest BCUT2D eigenvalue weighted by Gasteiger charge is 2.26. The first-order chi connectivity index (χ1) is 6.24. The van der Waals surface area contributed by atoms with E-state index >= 15 is 0 Å². The fourth-order valence-corrected chi connectivity index (χ4v) is 1.53. The van der Waals surface area contributed by atoms with E-state index in [2.05, 4.69) is 10.4 Å². The Morgan fingerprint density at radius 1 is 1.85 bits per heavy atom. The number of fused-ring (bicyclic) bond motifs is 1. The maximum absolute atomic E-state index is 11.4. The van der Waals surface area contributed by atoms with Crippen LogP contribution in [0.1, 0.15) is 22.1 Å². The summed E-state index contributed by atoms with van der Waals surface area (Å²) in [5.74, 6) is -0.111. The number of aryl methyl sites for hydroxylation is 1. The standard InChI is InChI=1S/C8H11N3O2/c1-5-2-10-11-6(4-12)3-9-8(13)7(5)11/h2,6,12H,3-4H2,1H3,(H,9,13). The summed E-state index contributed by atoms with van der Waals surface area (Å²) in [5.41, 5.74) is 1.40. The molecule has 0 aliphatic carbocycles. The number of rotatable bonds is 1. The van der Waals surface area contributed by atoms with Gasteiger partial charge < -0.3 is 10.4 Å². The molecule has 0 saturated heterocycles. The minimum Gasteiger partial charge on any atom is -0.394 e. The average molecular weight is 181 g/mol. The maximum Gasteiger partial charge on any atom is 0.269 e. The van der Waals surface area contributed by atoms with Gasteiger partial charge in [0.25, 0.3) is 5.91 Å². The van der Waals surface area contributed by atoms with E-state index in [4.69, 9.17) is 5.11 Å². The molecule has 1 aromatic heterocycles. The highest BCUT2D eigenvalue weighted by Crippen LogP contribution is 2.16. The fraction of sp³-hybridized carbons (Fsp3) is 0.500. The van der Waals surface area contributed by atoms with E-state index in [-0.39, 0.29) is 18.6 Å². The van der Waals surface area contributed by atoms with Gasteiger partial charge in [-0.05, 0) is 6.92 Å². The number of nitrogens with one attached hydrogen (secondary N) is 1. The Morgan fingerprint density at radius 3 is 3.31 bits per heavy atom. The molecule has 0 radical (unpaired) electrons. The number of hydrogen-bond acceptors (Lipinski definition) is 3. The molecule has 0 fully saturated rings. The highest BCUT2D eigenvalue weighted by atomic mass is 16.3. The topological polar surface area (TPSA) is 67.2 Å². The van der Waals surface area contributed by atoms with E-state index < -0.39 is 0 Å². The van der Waals surface area contributed by atoms with Crippen molar-refractivity contribution in [1.82, 2.24) is 15.1 Å². The zero-order chi connectivity index (χ0) is 9.42. The van der Waals surface area contributed by atoms with Crippen LogP contribution >= 0.6 is 0 Å².